The summed E-state index contributed by atoms with van der Waals surface area (Å²) < 4.78 is 24.8. The van der Waals surface area contributed by atoms with Gasteiger partial charge < -0.3 is 30.4 Å². The first-order valence-electron chi connectivity index (χ1n) is 14.2. The molecule has 44 heavy (non-hydrogen) atoms. The average Bonchev–Trinajstić information content (AvgIpc) is 3.70. The van der Waals surface area contributed by atoms with Crippen molar-refractivity contribution in [2.75, 3.05) is 37.4 Å². The lowest BCUT2D eigenvalue weighted by Gasteiger charge is -2.22. The maximum Gasteiger partial charge on any atom is 0.323 e. The molecule has 4 N–H and O–H groups in total. The molecule has 3 amide bonds. The van der Waals surface area contributed by atoms with Gasteiger partial charge in [0.1, 0.15) is 23.4 Å². The molecule has 1 unspecified atom stereocenters. The highest BCUT2D eigenvalue weighted by atomic mass is 19.1. The van der Waals surface area contributed by atoms with E-state index in [-0.39, 0.29) is 23.6 Å². The Bertz CT molecular complexity index is 1640. The maximum absolute atomic E-state index is 13.9. The molecular weight excluding hydrogens is 567 g/mol. The van der Waals surface area contributed by atoms with E-state index < -0.39 is 11.8 Å². The van der Waals surface area contributed by atoms with Gasteiger partial charge in [-0.1, -0.05) is 6.07 Å². The number of esters is 1. The van der Waals surface area contributed by atoms with Crippen LogP contribution in [-0.4, -0.2) is 65.6 Å². The highest BCUT2D eigenvalue weighted by Gasteiger charge is 2.31. The Hall–Kier alpha value is -5.23. The number of hydrogen-bond acceptors (Lipinski definition) is 7. The van der Waals surface area contributed by atoms with Crippen LogP contribution in [0.3, 0.4) is 0 Å². The number of anilines is 2. The standard InChI is InChI=1S/C32H33FN6O5/c1-20-5-10-25(33)26(16-20)38-32(42)37-22-6-8-23(9-7-22)44-24-11-12-34-28(18-24)27-17-21(19-36-27)30(40)35-13-15-39-14-3-4-29(39)31(41)43-2/h5-12,16-19,29,36H,3-4,13-15H2,1-2H3,(H,35,40)(H2,37,38,42). The van der Waals surface area contributed by atoms with E-state index in [2.05, 4.69) is 25.9 Å². The van der Waals surface area contributed by atoms with E-state index in [1.54, 1.807) is 67.0 Å². The fourth-order valence-corrected chi connectivity index (χ4v) is 4.97. The number of hydrogen-bond donors (Lipinski definition) is 4. The van der Waals surface area contributed by atoms with Crippen molar-refractivity contribution in [3.8, 4) is 22.9 Å². The summed E-state index contributed by atoms with van der Waals surface area (Å²) in [6.45, 7) is 3.56. The Balaban J connectivity index is 1.13. The molecule has 12 heteroatoms. The highest BCUT2D eigenvalue weighted by molar-refractivity contribution is 6.00. The molecular formula is C32H33FN6O5. The normalized spacial score (nSPS) is 14.6. The molecule has 3 heterocycles. The lowest BCUT2D eigenvalue weighted by Crippen LogP contribution is -2.41. The second kappa shape index (κ2) is 13.8. The molecule has 0 spiro atoms. The second-order valence-corrected chi connectivity index (χ2v) is 10.3. The van der Waals surface area contributed by atoms with E-state index >= 15 is 0 Å². The number of amides is 3. The number of pyridine rings is 1. The Labute approximate surface area is 253 Å². The number of halogens is 1. The Kier molecular flexibility index (Phi) is 9.50. The van der Waals surface area contributed by atoms with E-state index in [9.17, 15) is 18.8 Å². The molecule has 2 aromatic carbocycles. The third kappa shape index (κ3) is 7.58. The van der Waals surface area contributed by atoms with Crippen LogP contribution in [0.25, 0.3) is 11.4 Å². The van der Waals surface area contributed by atoms with Gasteiger partial charge in [-0.15, -0.1) is 0 Å². The largest absolute Gasteiger partial charge is 0.468 e. The van der Waals surface area contributed by atoms with Crippen LogP contribution in [0.5, 0.6) is 11.5 Å². The van der Waals surface area contributed by atoms with Gasteiger partial charge in [-0.25, -0.2) is 9.18 Å². The molecule has 0 bridgehead atoms. The number of aryl methyl sites for hydroxylation is 1. The van der Waals surface area contributed by atoms with Crippen molar-refractivity contribution in [3.05, 3.63) is 90.0 Å². The number of H-pyrrole nitrogens is 1. The molecule has 0 aliphatic carbocycles. The first-order valence-corrected chi connectivity index (χ1v) is 14.2. The predicted molar refractivity (Wildman–Crippen MR) is 163 cm³/mol. The van der Waals surface area contributed by atoms with E-state index in [0.717, 1.165) is 24.9 Å². The van der Waals surface area contributed by atoms with Gasteiger partial charge in [-0.05, 0) is 80.4 Å². The Morgan fingerprint density at radius 1 is 1.05 bits per heavy atom. The summed E-state index contributed by atoms with van der Waals surface area (Å²) in [5.74, 6) is 0.0512. The number of aromatic amines is 1. The highest BCUT2D eigenvalue weighted by Crippen LogP contribution is 2.27. The summed E-state index contributed by atoms with van der Waals surface area (Å²) >= 11 is 0. The number of carbonyl (C=O) groups excluding carboxylic acids is 3. The number of nitrogens with zero attached hydrogens (tertiary/aromatic N) is 2. The summed E-state index contributed by atoms with van der Waals surface area (Å²) in [6, 6.07) is 15.5. The number of aromatic nitrogens is 2. The van der Waals surface area contributed by atoms with Crippen molar-refractivity contribution in [1.29, 1.82) is 0 Å². The van der Waals surface area contributed by atoms with Crippen molar-refractivity contribution in [1.82, 2.24) is 20.2 Å². The van der Waals surface area contributed by atoms with E-state index in [1.807, 2.05) is 11.8 Å². The van der Waals surface area contributed by atoms with Crippen LogP contribution in [0.1, 0.15) is 28.8 Å². The molecule has 5 rings (SSSR count). The smallest absolute Gasteiger partial charge is 0.323 e. The Morgan fingerprint density at radius 2 is 1.86 bits per heavy atom. The summed E-state index contributed by atoms with van der Waals surface area (Å²) in [4.78, 5) is 46.5. The molecule has 1 fully saturated rings. The van der Waals surface area contributed by atoms with Crippen LogP contribution >= 0.6 is 0 Å². The van der Waals surface area contributed by atoms with E-state index in [0.29, 0.717) is 47.2 Å². The molecule has 1 aliphatic rings. The van der Waals surface area contributed by atoms with Gasteiger partial charge in [0.05, 0.1) is 29.7 Å². The fraction of sp³-hybridized carbons (Fsp3) is 0.250. The van der Waals surface area contributed by atoms with Gasteiger partial charge in [-0.2, -0.15) is 0 Å². The van der Waals surface area contributed by atoms with Crippen molar-refractivity contribution >= 4 is 29.3 Å². The van der Waals surface area contributed by atoms with Crippen molar-refractivity contribution in [2.24, 2.45) is 0 Å². The van der Waals surface area contributed by atoms with Crippen LogP contribution in [0, 0.1) is 12.7 Å². The second-order valence-electron chi connectivity index (χ2n) is 10.3. The molecule has 228 valence electrons. The van der Waals surface area contributed by atoms with Gasteiger partial charge in [-0.3, -0.25) is 19.5 Å². The zero-order valence-electron chi connectivity index (χ0n) is 24.4. The SMILES string of the molecule is COC(=O)C1CCCN1CCNC(=O)c1c[nH]c(-c2cc(Oc3ccc(NC(=O)Nc4cc(C)ccc4F)cc3)ccn2)c1. The molecule has 1 atom stereocenters. The molecule has 2 aromatic heterocycles. The number of methoxy groups -OCH3 is 1. The molecule has 11 nitrogen and oxygen atoms in total. The lowest BCUT2D eigenvalue weighted by atomic mass is 10.2. The van der Waals surface area contributed by atoms with Crippen LogP contribution in [0.2, 0.25) is 0 Å². The van der Waals surface area contributed by atoms with Crippen molar-refractivity contribution < 1.29 is 28.2 Å². The number of rotatable bonds is 10. The molecule has 0 saturated carbocycles. The first kappa shape index (κ1) is 30.2. The summed E-state index contributed by atoms with van der Waals surface area (Å²) in [6.07, 6.45) is 4.90. The summed E-state index contributed by atoms with van der Waals surface area (Å²) in [5.41, 5.74) is 3.10. The molecule has 1 saturated heterocycles. The lowest BCUT2D eigenvalue weighted by molar-refractivity contribution is -0.145. The van der Waals surface area contributed by atoms with Gasteiger partial charge in [0, 0.05) is 37.2 Å². The minimum absolute atomic E-state index is 0.0958. The number of urea groups is 1. The van der Waals surface area contributed by atoms with Gasteiger partial charge >= 0.3 is 12.0 Å². The monoisotopic (exact) mass is 600 g/mol. The van der Waals surface area contributed by atoms with Crippen LogP contribution < -0.4 is 20.7 Å². The van der Waals surface area contributed by atoms with E-state index in [4.69, 9.17) is 9.47 Å². The number of ether oxygens (including phenoxy) is 2. The number of carbonyl (C=O) groups is 3. The van der Waals surface area contributed by atoms with Crippen LogP contribution in [0.4, 0.5) is 20.6 Å². The predicted octanol–water partition coefficient (Wildman–Crippen LogP) is 5.33. The van der Waals surface area contributed by atoms with Crippen LogP contribution in [0.15, 0.2) is 73.1 Å². The quantitative estimate of drug-likeness (QED) is 0.181. The minimum Gasteiger partial charge on any atom is -0.468 e. The van der Waals surface area contributed by atoms with Gasteiger partial charge in [0.15, 0.2) is 0 Å². The minimum atomic E-state index is -0.570. The average molecular weight is 601 g/mol. The summed E-state index contributed by atoms with van der Waals surface area (Å²) in [7, 11) is 1.39. The van der Waals surface area contributed by atoms with Crippen molar-refractivity contribution in [3.63, 3.8) is 0 Å². The van der Waals surface area contributed by atoms with Gasteiger partial charge in [0.25, 0.3) is 5.91 Å². The molecule has 1 aliphatic heterocycles. The topological polar surface area (TPSA) is 138 Å². The number of nitrogens with one attached hydrogen (secondary N) is 4. The number of likely N-dealkylation sites (tertiary alicyclic amines) is 1. The summed E-state index contributed by atoms with van der Waals surface area (Å²) in [5, 5.41) is 8.07. The van der Waals surface area contributed by atoms with Crippen LogP contribution in [-0.2, 0) is 9.53 Å². The third-order valence-electron chi connectivity index (χ3n) is 7.19. The third-order valence-corrected chi connectivity index (χ3v) is 7.19. The zero-order valence-corrected chi connectivity index (χ0v) is 24.4. The molecule has 0 radical (unpaired) electrons. The fourth-order valence-electron chi connectivity index (χ4n) is 4.97. The number of benzene rings is 2. The van der Waals surface area contributed by atoms with Crippen molar-refractivity contribution in [2.45, 2.75) is 25.8 Å². The van der Waals surface area contributed by atoms with E-state index in [1.165, 1.54) is 13.2 Å². The first-order chi connectivity index (χ1) is 21.3. The zero-order chi connectivity index (χ0) is 31.1. The van der Waals surface area contributed by atoms with Gasteiger partial charge in [0.2, 0.25) is 0 Å². The molecule has 4 aromatic rings. The maximum atomic E-state index is 13.9. The Morgan fingerprint density at radius 3 is 2.66 bits per heavy atom.